The topological polar surface area (TPSA) is 37.8 Å². The molecule has 0 fully saturated rings. The molecule has 5 heteroatoms. The number of fused-ring (bicyclic) bond motifs is 1. The Balaban J connectivity index is 1.54. The molecule has 0 aliphatic heterocycles. The Hall–Kier alpha value is -3.21. The van der Waals surface area contributed by atoms with Crippen LogP contribution in [0.3, 0.4) is 0 Å². The van der Waals surface area contributed by atoms with Crippen LogP contribution in [-0.2, 0) is 0 Å². The summed E-state index contributed by atoms with van der Waals surface area (Å²) in [7, 11) is 0. The van der Waals surface area contributed by atoms with E-state index in [1.54, 1.807) is 17.7 Å². The van der Waals surface area contributed by atoms with Crippen molar-refractivity contribution in [3.63, 3.8) is 0 Å². The van der Waals surface area contributed by atoms with Gasteiger partial charge in [-0.25, -0.2) is 9.97 Å². The van der Waals surface area contributed by atoms with Crippen LogP contribution in [-0.4, -0.2) is 9.97 Å². The molecular formula is C24H16ClN3S. The largest absolute Gasteiger partial charge is 0.340 e. The highest BCUT2D eigenvalue weighted by Gasteiger charge is 2.13. The molecule has 0 saturated heterocycles. The molecule has 0 spiro atoms. The van der Waals surface area contributed by atoms with Crippen molar-refractivity contribution >= 4 is 44.7 Å². The molecule has 0 radical (unpaired) electrons. The zero-order valence-corrected chi connectivity index (χ0v) is 16.9. The Kier molecular flexibility index (Phi) is 4.72. The molecule has 0 aliphatic carbocycles. The van der Waals surface area contributed by atoms with E-state index in [1.807, 2.05) is 30.3 Å². The lowest BCUT2D eigenvalue weighted by molar-refractivity contribution is 1.23. The van der Waals surface area contributed by atoms with Crippen LogP contribution in [0, 0.1) is 0 Å². The highest BCUT2D eigenvalue weighted by Crippen LogP contribution is 2.38. The lowest BCUT2D eigenvalue weighted by Crippen LogP contribution is -1.95. The van der Waals surface area contributed by atoms with E-state index in [9.17, 15) is 0 Å². The van der Waals surface area contributed by atoms with Crippen LogP contribution in [0.2, 0.25) is 5.02 Å². The number of hydrogen-bond acceptors (Lipinski definition) is 4. The summed E-state index contributed by atoms with van der Waals surface area (Å²) < 4.78 is 0. The van der Waals surface area contributed by atoms with Gasteiger partial charge in [0, 0.05) is 21.7 Å². The van der Waals surface area contributed by atoms with Crippen molar-refractivity contribution in [3.05, 3.63) is 95.6 Å². The summed E-state index contributed by atoms with van der Waals surface area (Å²) in [4.78, 5) is 9.91. The normalized spacial score (nSPS) is 10.9. The summed E-state index contributed by atoms with van der Waals surface area (Å²) in [5, 5.41) is 7.28. The van der Waals surface area contributed by atoms with Crippen molar-refractivity contribution < 1.29 is 0 Å². The molecule has 0 unspecified atom stereocenters. The van der Waals surface area contributed by atoms with Crippen LogP contribution in [0.25, 0.3) is 32.5 Å². The maximum atomic E-state index is 6.00. The number of halogens is 1. The van der Waals surface area contributed by atoms with E-state index >= 15 is 0 Å². The van der Waals surface area contributed by atoms with Gasteiger partial charge >= 0.3 is 0 Å². The number of thiophene rings is 1. The maximum Gasteiger partial charge on any atom is 0.143 e. The van der Waals surface area contributed by atoms with Gasteiger partial charge in [-0.3, -0.25) is 0 Å². The Morgan fingerprint density at radius 2 is 1.41 bits per heavy atom. The molecule has 0 atom stereocenters. The van der Waals surface area contributed by atoms with Gasteiger partial charge in [-0.1, -0.05) is 66.2 Å². The summed E-state index contributed by atoms with van der Waals surface area (Å²) in [6.07, 6.45) is 1.60. The van der Waals surface area contributed by atoms with Gasteiger partial charge in [0.1, 0.15) is 17.0 Å². The number of aromatic nitrogens is 2. The van der Waals surface area contributed by atoms with E-state index in [-0.39, 0.29) is 0 Å². The third-order valence-corrected chi connectivity index (χ3v) is 5.92. The fourth-order valence-electron chi connectivity index (χ4n) is 3.33. The number of hydrogen-bond donors (Lipinski definition) is 1. The van der Waals surface area contributed by atoms with Gasteiger partial charge in [0.15, 0.2) is 0 Å². The number of anilines is 2. The fraction of sp³-hybridized carbons (Fsp3) is 0. The zero-order chi connectivity index (χ0) is 19.6. The lowest BCUT2D eigenvalue weighted by atomic mass is 10.0. The minimum atomic E-state index is 0.707. The van der Waals surface area contributed by atoms with Gasteiger partial charge in [-0.2, -0.15) is 0 Å². The monoisotopic (exact) mass is 413 g/mol. The van der Waals surface area contributed by atoms with Crippen LogP contribution in [0.5, 0.6) is 0 Å². The molecule has 0 saturated carbocycles. The molecule has 0 amide bonds. The van der Waals surface area contributed by atoms with Crippen LogP contribution < -0.4 is 5.32 Å². The van der Waals surface area contributed by atoms with Crippen LogP contribution in [0.4, 0.5) is 11.5 Å². The molecule has 0 aliphatic rings. The lowest BCUT2D eigenvalue weighted by Gasteiger charge is -2.09. The van der Waals surface area contributed by atoms with Crippen molar-refractivity contribution in [2.75, 3.05) is 5.32 Å². The van der Waals surface area contributed by atoms with Crippen molar-refractivity contribution in [2.45, 2.75) is 0 Å². The van der Waals surface area contributed by atoms with Gasteiger partial charge in [0.2, 0.25) is 0 Å². The molecule has 0 bridgehead atoms. The van der Waals surface area contributed by atoms with E-state index in [0.29, 0.717) is 5.02 Å². The SMILES string of the molecule is Clc1ccc(Nc2ncnc3scc(-c4ccc(-c5ccccc5)cc4)c23)cc1. The molecule has 140 valence electrons. The average Bonchev–Trinajstić information content (AvgIpc) is 3.21. The second-order valence-electron chi connectivity index (χ2n) is 6.63. The van der Waals surface area contributed by atoms with Crippen LogP contribution >= 0.6 is 22.9 Å². The predicted molar refractivity (Wildman–Crippen MR) is 123 cm³/mol. The average molecular weight is 414 g/mol. The van der Waals surface area contributed by atoms with E-state index in [1.165, 1.54) is 11.1 Å². The second kappa shape index (κ2) is 7.66. The van der Waals surface area contributed by atoms with Crippen LogP contribution in [0.1, 0.15) is 0 Å². The molecule has 3 nitrogen and oxygen atoms in total. The van der Waals surface area contributed by atoms with E-state index < -0.39 is 0 Å². The number of nitrogens with one attached hydrogen (secondary N) is 1. The number of nitrogens with zero attached hydrogens (tertiary/aromatic N) is 2. The highest BCUT2D eigenvalue weighted by molar-refractivity contribution is 7.17. The maximum absolute atomic E-state index is 6.00. The summed E-state index contributed by atoms with van der Waals surface area (Å²) in [5.74, 6) is 0.792. The van der Waals surface area contributed by atoms with E-state index in [4.69, 9.17) is 11.6 Å². The first-order chi connectivity index (χ1) is 14.3. The van der Waals surface area contributed by atoms with E-state index in [0.717, 1.165) is 32.8 Å². The first-order valence-electron chi connectivity index (χ1n) is 9.18. The summed E-state index contributed by atoms with van der Waals surface area (Å²) in [6.45, 7) is 0. The molecule has 5 rings (SSSR count). The molecule has 5 aromatic rings. The van der Waals surface area contributed by atoms with E-state index in [2.05, 4.69) is 69.2 Å². The first kappa shape index (κ1) is 17.9. The van der Waals surface area contributed by atoms with Crippen molar-refractivity contribution in [2.24, 2.45) is 0 Å². The second-order valence-corrected chi connectivity index (χ2v) is 7.92. The molecule has 29 heavy (non-hydrogen) atoms. The van der Waals surface area contributed by atoms with Crippen molar-refractivity contribution in [1.82, 2.24) is 9.97 Å². The smallest absolute Gasteiger partial charge is 0.143 e. The third-order valence-electron chi connectivity index (χ3n) is 4.78. The molecule has 2 heterocycles. The highest BCUT2D eigenvalue weighted by atomic mass is 35.5. The van der Waals surface area contributed by atoms with Gasteiger partial charge in [0.05, 0.1) is 5.39 Å². The Labute approximate surface area is 177 Å². The Morgan fingerprint density at radius 3 is 2.17 bits per heavy atom. The fourth-order valence-corrected chi connectivity index (χ4v) is 4.37. The standard InChI is InChI=1S/C24H16ClN3S/c25-19-10-12-20(13-11-19)28-23-22-21(14-29-24(22)27-15-26-23)18-8-6-17(7-9-18)16-4-2-1-3-5-16/h1-15H,(H,26,27,28). The molecule has 1 N–H and O–H groups in total. The summed E-state index contributed by atoms with van der Waals surface area (Å²) >= 11 is 7.63. The third kappa shape index (κ3) is 3.60. The van der Waals surface area contributed by atoms with Crippen molar-refractivity contribution in [3.8, 4) is 22.3 Å². The number of benzene rings is 3. The number of rotatable bonds is 4. The van der Waals surface area contributed by atoms with Gasteiger partial charge in [0.25, 0.3) is 0 Å². The zero-order valence-electron chi connectivity index (χ0n) is 15.3. The van der Waals surface area contributed by atoms with Gasteiger partial charge < -0.3 is 5.32 Å². The molecule has 2 aromatic heterocycles. The van der Waals surface area contributed by atoms with Gasteiger partial charge in [-0.15, -0.1) is 11.3 Å². The van der Waals surface area contributed by atoms with Crippen LogP contribution in [0.15, 0.2) is 90.6 Å². The Bertz CT molecular complexity index is 1260. The van der Waals surface area contributed by atoms with Crippen molar-refractivity contribution in [1.29, 1.82) is 0 Å². The molecular weight excluding hydrogens is 398 g/mol. The Morgan fingerprint density at radius 1 is 0.724 bits per heavy atom. The predicted octanol–water partition coefficient (Wildman–Crippen LogP) is 7.42. The first-order valence-corrected chi connectivity index (χ1v) is 10.4. The minimum Gasteiger partial charge on any atom is -0.340 e. The molecule has 3 aromatic carbocycles. The minimum absolute atomic E-state index is 0.707. The summed E-state index contributed by atoms with van der Waals surface area (Å²) in [6, 6.07) is 26.6. The van der Waals surface area contributed by atoms with Gasteiger partial charge in [-0.05, 0) is 41.0 Å². The summed E-state index contributed by atoms with van der Waals surface area (Å²) in [5.41, 5.74) is 5.62. The quantitative estimate of drug-likeness (QED) is 0.333.